The average Bonchev–Trinajstić information content (AvgIpc) is 2.67. The summed E-state index contributed by atoms with van der Waals surface area (Å²) in [5.74, 6) is 0.341. The molecule has 0 heterocycles. The molecule has 150 valence electrons. The first kappa shape index (κ1) is 22.3. The SMILES string of the molecule is C=C(N)C(=O)OCCCOc1cc(OCCCOC(=O)CN)ccc1CC. The van der Waals surface area contributed by atoms with E-state index >= 15 is 0 Å². The van der Waals surface area contributed by atoms with Crippen LogP contribution in [0.2, 0.25) is 0 Å². The van der Waals surface area contributed by atoms with Crippen LogP contribution in [-0.2, 0) is 25.5 Å². The number of carbonyl (C=O) groups excluding carboxylic acids is 2. The second-order valence-corrected chi connectivity index (χ2v) is 5.61. The molecule has 27 heavy (non-hydrogen) atoms. The van der Waals surface area contributed by atoms with Crippen LogP contribution >= 0.6 is 0 Å². The van der Waals surface area contributed by atoms with Crippen LogP contribution in [0, 0.1) is 0 Å². The summed E-state index contributed by atoms with van der Waals surface area (Å²) < 4.78 is 21.2. The lowest BCUT2D eigenvalue weighted by Crippen LogP contribution is -2.18. The van der Waals surface area contributed by atoms with Crippen molar-refractivity contribution < 1.29 is 28.5 Å². The molecule has 4 N–H and O–H groups in total. The van der Waals surface area contributed by atoms with Gasteiger partial charge in [0.1, 0.15) is 17.2 Å². The third-order valence-electron chi connectivity index (χ3n) is 3.45. The van der Waals surface area contributed by atoms with Crippen LogP contribution in [0.25, 0.3) is 0 Å². The van der Waals surface area contributed by atoms with E-state index in [9.17, 15) is 9.59 Å². The summed E-state index contributed by atoms with van der Waals surface area (Å²) in [6.45, 7) is 6.47. The molecular formula is C19H28N2O6. The molecule has 1 aromatic rings. The van der Waals surface area contributed by atoms with Gasteiger partial charge >= 0.3 is 11.9 Å². The summed E-state index contributed by atoms with van der Waals surface area (Å²) in [6, 6.07) is 5.63. The van der Waals surface area contributed by atoms with Gasteiger partial charge in [0, 0.05) is 18.9 Å². The fourth-order valence-corrected chi connectivity index (χ4v) is 2.04. The van der Waals surface area contributed by atoms with Gasteiger partial charge in [0.25, 0.3) is 0 Å². The second kappa shape index (κ2) is 12.6. The van der Waals surface area contributed by atoms with Gasteiger partial charge < -0.3 is 30.4 Å². The molecular weight excluding hydrogens is 352 g/mol. The van der Waals surface area contributed by atoms with Crippen LogP contribution in [0.15, 0.2) is 30.5 Å². The van der Waals surface area contributed by atoms with Crippen molar-refractivity contribution in [2.75, 3.05) is 33.0 Å². The van der Waals surface area contributed by atoms with E-state index in [0.29, 0.717) is 31.8 Å². The molecule has 0 fully saturated rings. The third kappa shape index (κ3) is 8.96. The van der Waals surface area contributed by atoms with Gasteiger partial charge in [0.05, 0.1) is 33.0 Å². The van der Waals surface area contributed by atoms with E-state index in [-0.39, 0.29) is 25.5 Å². The fraction of sp³-hybridized carbons (Fsp3) is 0.474. The summed E-state index contributed by atoms with van der Waals surface area (Å²) >= 11 is 0. The minimum absolute atomic E-state index is 0.119. The molecule has 0 unspecified atom stereocenters. The molecule has 0 aliphatic rings. The molecule has 0 aromatic heterocycles. The van der Waals surface area contributed by atoms with Crippen LogP contribution in [0.3, 0.4) is 0 Å². The molecule has 0 aliphatic carbocycles. The van der Waals surface area contributed by atoms with Crippen LogP contribution in [0.1, 0.15) is 25.3 Å². The first-order valence-electron chi connectivity index (χ1n) is 8.83. The number of rotatable bonds is 13. The molecule has 1 aromatic carbocycles. The van der Waals surface area contributed by atoms with Crippen LogP contribution in [0.5, 0.6) is 11.5 Å². The Morgan fingerprint density at radius 1 is 1.04 bits per heavy atom. The number of ether oxygens (including phenoxy) is 4. The molecule has 0 amide bonds. The van der Waals surface area contributed by atoms with Gasteiger partial charge in [0.15, 0.2) is 0 Å². The van der Waals surface area contributed by atoms with E-state index in [1.807, 2.05) is 25.1 Å². The van der Waals surface area contributed by atoms with Crippen molar-refractivity contribution in [2.45, 2.75) is 26.2 Å². The molecule has 0 spiro atoms. The van der Waals surface area contributed by atoms with E-state index < -0.39 is 11.9 Å². The van der Waals surface area contributed by atoms with Crippen molar-refractivity contribution in [3.05, 3.63) is 36.0 Å². The quantitative estimate of drug-likeness (QED) is 0.298. The van der Waals surface area contributed by atoms with Gasteiger partial charge in [-0.25, -0.2) is 4.79 Å². The minimum atomic E-state index is -0.614. The lowest BCUT2D eigenvalue weighted by atomic mass is 10.1. The predicted molar refractivity (Wildman–Crippen MR) is 100 cm³/mol. The lowest BCUT2D eigenvalue weighted by Gasteiger charge is -2.13. The van der Waals surface area contributed by atoms with Crippen LogP contribution < -0.4 is 20.9 Å². The van der Waals surface area contributed by atoms with Crippen molar-refractivity contribution in [1.29, 1.82) is 0 Å². The highest BCUT2D eigenvalue weighted by Crippen LogP contribution is 2.25. The van der Waals surface area contributed by atoms with Gasteiger partial charge in [-0.15, -0.1) is 0 Å². The van der Waals surface area contributed by atoms with Gasteiger partial charge in [-0.3, -0.25) is 4.79 Å². The molecule has 0 aliphatic heterocycles. The monoisotopic (exact) mass is 380 g/mol. The molecule has 0 saturated carbocycles. The van der Waals surface area contributed by atoms with Gasteiger partial charge in [0.2, 0.25) is 0 Å². The lowest BCUT2D eigenvalue weighted by molar-refractivity contribution is -0.142. The fourth-order valence-electron chi connectivity index (χ4n) is 2.04. The molecule has 0 atom stereocenters. The highest BCUT2D eigenvalue weighted by Gasteiger charge is 2.07. The van der Waals surface area contributed by atoms with E-state index in [0.717, 1.165) is 17.7 Å². The van der Waals surface area contributed by atoms with E-state index in [1.54, 1.807) is 0 Å². The molecule has 0 saturated heterocycles. The van der Waals surface area contributed by atoms with Crippen molar-refractivity contribution in [3.63, 3.8) is 0 Å². The maximum atomic E-state index is 11.2. The summed E-state index contributed by atoms with van der Waals surface area (Å²) in [6.07, 6.45) is 1.90. The number of aryl methyl sites for hydroxylation is 1. The van der Waals surface area contributed by atoms with Crippen molar-refractivity contribution in [1.82, 2.24) is 0 Å². The Hall–Kier alpha value is -2.74. The van der Waals surface area contributed by atoms with E-state index in [4.69, 9.17) is 30.4 Å². The third-order valence-corrected chi connectivity index (χ3v) is 3.45. The Morgan fingerprint density at radius 2 is 1.70 bits per heavy atom. The molecule has 1 rings (SSSR count). The zero-order valence-corrected chi connectivity index (χ0v) is 15.7. The van der Waals surface area contributed by atoms with Gasteiger partial charge in [-0.05, 0) is 18.1 Å². The average molecular weight is 380 g/mol. The largest absolute Gasteiger partial charge is 0.493 e. The Kier molecular flexibility index (Phi) is 10.4. The summed E-state index contributed by atoms with van der Waals surface area (Å²) in [5.41, 5.74) is 11.3. The Morgan fingerprint density at radius 3 is 2.33 bits per heavy atom. The van der Waals surface area contributed by atoms with Crippen LogP contribution in [0.4, 0.5) is 0 Å². The maximum Gasteiger partial charge on any atom is 0.353 e. The number of esters is 2. The second-order valence-electron chi connectivity index (χ2n) is 5.61. The van der Waals surface area contributed by atoms with Crippen molar-refractivity contribution in [3.8, 4) is 11.5 Å². The van der Waals surface area contributed by atoms with Crippen molar-refractivity contribution in [2.24, 2.45) is 11.5 Å². The summed E-state index contributed by atoms with van der Waals surface area (Å²) in [7, 11) is 0. The zero-order chi connectivity index (χ0) is 20.1. The first-order valence-corrected chi connectivity index (χ1v) is 8.83. The van der Waals surface area contributed by atoms with Crippen LogP contribution in [-0.4, -0.2) is 44.9 Å². The number of nitrogens with two attached hydrogens (primary N) is 2. The molecule has 8 heteroatoms. The summed E-state index contributed by atoms with van der Waals surface area (Å²) in [5, 5.41) is 0. The topological polar surface area (TPSA) is 123 Å². The molecule has 0 bridgehead atoms. The van der Waals surface area contributed by atoms with Gasteiger partial charge in [-0.1, -0.05) is 19.6 Å². The minimum Gasteiger partial charge on any atom is -0.493 e. The maximum absolute atomic E-state index is 11.2. The normalized spacial score (nSPS) is 10.1. The summed E-state index contributed by atoms with van der Waals surface area (Å²) in [4.78, 5) is 22.1. The van der Waals surface area contributed by atoms with Crippen molar-refractivity contribution >= 4 is 11.9 Å². The van der Waals surface area contributed by atoms with Gasteiger partial charge in [-0.2, -0.15) is 0 Å². The first-order chi connectivity index (χ1) is 13.0. The van der Waals surface area contributed by atoms with E-state index in [2.05, 4.69) is 6.58 Å². The molecule has 0 radical (unpaired) electrons. The molecule has 8 nitrogen and oxygen atoms in total. The predicted octanol–water partition coefficient (Wildman–Crippen LogP) is 1.30. The number of benzene rings is 1. The van der Waals surface area contributed by atoms with E-state index in [1.165, 1.54) is 0 Å². The smallest absolute Gasteiger partial charge is 0.353 e. The Balaban J connectivity index is 2.40. The highest BCUT2D eigenvalue weighted by atomic mass is 16.5. The Bertz CT molecular complexity index is 633. The zero-order valence-electron chi connectivity index (χ0n) is 15.7. The Labute approximate surface area is 159 Å². The standard InChI is InChI=1S/C19H28N2O6/c1-3-15-6-7-16(24-8-4-10-26-18(22)13-20)12-17(15)25-9-5-11-27-19(23)14(2)21/h6-7,12H,2-5,8-11,13,20-21H2,1H3. The number of hydrogen-bond acceptors (Lipinski definition) is 8. The number of hydrogen-bond donors (Lipinski definition) is 2. The highest BCUT2D eigenvalue weighted by molar-refractivity contribution is 5.86. The number of carbonyl (C=O) groups is 2.